The molecular weight excluding hydrogens is 186 g/mol. The topological polar surface area (TPSA) is 21.3 Å². The van der Waals surface area contributed by atoms with E-state index in [9.17, 15) is 0 Å². The summed E-state index contributed by atoms with van der Waals surface area (Å²) in [5.41, 5.74) is 1.46. The van der Waals surface area contributed by atoms with Crippen molar-refractivity contribution in [2.24, 2.45) is 5.92 Å². The maximum absolute atomic E-state index is 5.21. The van der Waals surface area contributed by atoms with Crippen LogP contribution in [0.25, 0.3) is 0 Å². The van der Waals surface area contributed by atoms with Gasteiger partial charge in [0, 0.05) is 13.7 Å². The van der Waals surface area contributed by atoms with E-state index in [-0.39, 0.29) is 6.10 Å². The lowest BCUT2D eigenvalue weighted by atomic mass is 9.96. The Morgan fingerprint density at radius 3 is 2.93 bits per heavy atom. The largest absolute Gasteiger partial charge is 0.378 e. The van der Waals surface area contributed by atoms with E-state index in [4.69, 9.17) is 4.74 Å². The van der Waals surface area contributed by atoms with Gasteiger partial charge in [-0.2, -0.15) is 0 Å². The molecule has 15 heavy (non-hydrogen) atoms. The molecule has 0 aliphatic carbocycles. The van der Waals surface area contributed by atoms with Crippen molar-refractivity contribution in [1.29, 1.82) is 0 Å². The lowest BCUT2D eigenvalue weighted by molar-refractivity contribution is 0.156. The third-order valence-electron chi connectivity index (χ3n) is 2.90. The SMILES string of the molecule is CC/C=C(\C=C/C(C)OC)C1CCNC1. The van der Waals surface area contributed by atoms with Crippen molar-refractivity contribution in [2.75, 3.05) is 20.2 Å². The summed E-state index contributed by atoms with van der Waals surface area (Å²) in [6, 6.07) is 0. The molecule has 2 unspecified atom stereocenters. The fourth-order valence-corrected chi connectivity index (χ4v) is 1.87. The Kier molecular flexibility index (Phi) is 5.66. The van der Waals surface area contributed by atoms with Crippen LogP contribution in [0.1, 0.15) is 26.7 Å². The van der Waals surface area contributed by atoms with Gasteiger partial charge in [-0.05, 0) is 37.8 Å². The summed E-state index contributed by atoms with van der Waals surface area (Å²) in [7, 11) is 1.75. The van der Waals surface area contributed by atoms with Crippen LogP contribution in [-0.2, 0) is 4.74 Å². The first-order chi connectivity index (χ1) is 7.27. The molecule has 0 bridgehead atoms. The summed E-state index contributed by atoms with van der Waals surface area (Å²) in [4.78, 5) is 0. The highest BCUT2D eigenvalue weighted by molar-refractivity contribution is 5.23. The van der Waals surface area contributed by atoms with E-state index < -0.39 is 0 Å². The molecule has 1 saturated heterocycles. The van der Waals surface area contributed by atoms with Crippen molar-refractivity contribution in [1.82, 2.24) is 5.32 Å². The third-order valence-corrected chi connectivity index (χ3v) is 2.90. The van der Waals surface area contributed by atoms with Gasteiger partial charge in [0.1, 0.15) is 0 Å². The molecule has 0 aromatic carbocycles. The van der Waals surface area contributed by atoms with Crippen LogP contribution in [-0.4, -0.2) is 26.3 Å². The van der Waals surface area contributed by atoms with Crippen LogP contribution >= 0.6 is 0 Å². The normalized spacial score (nSPS) is 25.0. The van der Waals surface area contributed by atoms with Crippen molar-refractivity contribution < 1.29 is 4.74 Å². The van der Waals surface area contributed by atoms with Gasteiger partial charge in [-0.25, -0.2) is 0 Å². The molecule has 0 radical (unpaired) electrons. The molecule has 1 fully saturated rings. The zero-order valence-corrected chi connectivity index (χ0v) is 10.1. The Hall–Kier alpha value is -0.600. The van der Waals surface area contributed by atoms with Gasteiger partial charge in [0.15, 0.2) is 0 Å². The van der Waals surface area contributed by atoms with Crippen molar-refractivity contribution in [2.45, 2.75) is 32.8 Å². The molecule has 2 atom stereocenters. The molecule has 1 N–H and O–H groups in total. The zero-order valence-electron chi connectivity index (χ0n) is 10.1. The van der Waals surface area contributed by atoms with Gasteiger partial charge < -0.3 is 10.1 Å². The number of hydrogen-bond acceptors (Lipinski definition) is 2. The van der Waals surface area contributed by atoms with Crippen molar-refractivity contribution >= 4 is 0 Å². The smallest absolute Gasteiger partial charge is 0.0727 e. The maximum atomic E-state index is 5.21. The maximum Gasteiger partial charge on any atom is 0.0727 e. The summed E-state index contributed by atoms with van der Waals surface area (Å²) in [5.74, 6) is 0.699. The van der Waals surface area contributed by atoms with Crippen LogP contribution in [0.4, 0.5) is 0 Å². The van der Waals surface area contributed by atoms with E-state index in [1.54, 1.807) is 7.11 Å². The quantitative estimate of drug-likeness (QED) is 0.703. The van der Waals surface area contributed by atoms with Crippen LogP contribution in [0.3, 0.4) is 0 Å². The van der Waals surface area contributed by atoms with Crippen molar-refractivity contribution in [3.8, 4) is 0 Å². The van der Waals surface area contributed by atoms with Crippen LogP contribution in [0.15, 0.2) is 23.8 Å². The molecule has 0 amide bonds. The Labute approximate surface area is 93.4 Å². The highest BCUT2D eigenvalue weighted by Gasteiger charge is 2.16. The fourth-order valence-electron chi connectivity index (χ4n) is 1.87. The van der Waals surface area contributed by atoms with Crippen LogP contribution < -0.4 is 5.32 Å². The third kappa shape index (κ3) is 4.18. The lowest BCUT2D eigenvalue weighted by Gasteiger charge is -2.11. The predicted octanol–water partition coefficient (Wildman–Crippen LogP) is 2.52. The van der Waals surface area contributed by atoms with E-state index in [0.29, 0.717) is 5.92 Å². The average molecular weight is 209 g/mol. The number of allylic oxidation sites excluding steroid dienone is 2. The van der Waals surface area contributed by atoms with E-state index in [2.05, 4.69) is 37.4 Å². The molecule has 86 valence electrons. The molecule has 1 rings (SSSR count). The minimum absolute atomic E-state index is 0.208. The minimum atomic E-state index is 0.208. The number of ether oxygens (including phenoxy) is 1. The fraction of sp³-hybridized carbons (Fsp3) is 0.692. The van der Waals surface area contributed by atoms with Crippen LogP contribution in [0, 0.1) is 5.92 Å². The van der Waals surface area contributed by atoms with Crippen LogP contribution in [0.5, 0.6) is 0 Å². The number of hydrogen-bond donors (Lipinski definition) is 1. The molecule has 2 nitrogen and oxygen atoms in total. The van der Waals surface area contributed by atoms with E-state index >= 15 is 0 Å². The molecular formula is C13H23NO. The van der Waals surface area contributed by atoms with Gasteiger partial charge in [-0.15, -0.1) is 0 Å². The monoisotopic (exact) mass is 209 g/mol. The van der Waals surface area contributed by atoms with E-state index in [1.807, 2.05) is 0 Å². The second kappa shape index (κ2) is 6.81. The number of methoxy groups -OCH3 is 1. The highest BCUT2D eigenvalue weighted by Crippen LogP contribution is 2.20. The van der Waals surface area contributed by atoms with E-state index in [1.165, 1.54) is 12.0 Å². The molecule has 1 aliphatic heterocycles. The van der Waals surface area contributed by atoms with Crippen molar-refractivity contribution in [3.63, 3.8) is 0 Å². The predicted molar refractivity (Wildman–Crippen MR) is 65.0 cm³/mol. The van der Waals surface area contributed by atoms with Crippen molar-refractivity contribution in [3.05, 3.63) is 23.8 Å². The summed E-state index contributed by atoms with van der Waals surface area (Å²) < 4.78 is 5.21. The number of rotatable bonds is 5. The molecule has 2 heteroatoms. The first-order valence-electron chi connectivity index (χ1n) is 5.89. The molecule has 1 aliphatic rings. The summed E-state index contributed by atoms with van der Waals surface area (Å²) in [6.45, 7) is 6.53. The standard InChI is InChI=1S/C13H23NO/c1-4-5-12(7-6-11(2)15-3)13-8-9-14-10-13/h5-7,11,13-14H,4,8-10H2,1-3H3/b7-6-,12-5+. The van der Waals surface area contributed by atoms with Gasteiger partial charge >= 0.3 is 0 Å². The second-order valence-corrected chi connectivity index (χ2v) is 4.10. The first-order valence-corrected chi connectivity index (χ1v) is 5.89. The molecule has 0 aromatic rings. The lowest BCUT2D eigenvalue weighted by Crippen LogP contribution is -2.10. The van der Waals surface area contributed by atoms with Gasteiger partial charge in [0.05, 0.1) is 6.10 Å². The average Bonchev–Trinajstić information content (AvgIpc) is 2.76. The van der Waals surface area contributed by atoms with Crippen LogP contribution in [0.2, 0.25) is 0 Å². The Morgan fingerprint density at radius 2 is 2.40 bits per heavy atom. The Balaban J connectivity index is 2.57. The Morgan fingerprint density at radius 1 is 1.60 bits per heavy atom. The molecule has 0 saturated carbocycles. The molecule has 1 heterocycles. The highest BCUT2D eigenvalue weighted by atomic mass is 16.5. The number of nitrogens with one attached hydrogen (secondary N) is 1. The minimum Gasteiger partial charge on any atom is -0.378 e. The summed E-state index contributed by atoms with van der Waals surface area (Å²) >= 11 is 0. The summed E-state index contributed by atoms with van der Waals surface area (Å²) in [5, 5.41) is 3.41. The molecule has 0 spiro atoms. The van der Waals surface area contributed by atoms with Gasteiger partial charge in [0.2, 0.25) is 0 Å². The first kappa shape index (κ1) is 12.5. The Bertz CT molecular complexity index is 227. The van der Waals surface area contributed by atoms with Gasteiger partial charge in [0.25, 0.3) is 0 Å². The second-order valence-electron chi connectivity index (χ2n) is 4.10. The van der Waals surface area contributed by atoms with Gasteiger partial charge in [-0.3, -0.25) is 0 Å². The molecule has 0 aromatic heterocycles. The zero-order chi connectivity index (χ0) is 11.1. The van der Waals surface area contributed by atoms with Gasteiger partial charge in [-0.1, -0.05) is 25.2 Å². The van der Waals surface area contributed by atoms with E-state index in [0.717, 1.165) is 19.5 Å². The summed E-state index contributed by atoms with van der Waals surface area (Å²) in [6.07, 6.45) is 9.28.